The largest absolute Gasteiger partial charge is 0.481 e. The van der Waals surface area contributed by atoms with E-state index in [-0.39, 0.29) is 29.2 Å². The van der Waals surface area contributed by atoms with Crippen molar-refractivity contribution in [3.8, 4) is 0 Å². The van der Waals surface area contributed by atoms with E-state index in [1.807, 2.05) is 0 Å². The molecule has 0 aliphatic heterocycles. The quantitative estimate of drug-likeness (QED) is 0.865. The van der Waals surface area contributed by atoms with Gasteiger partial charge in [-0.2, -0.15) is 0 Å². The Kier molecular flexibility index (Phi) is 2.46. The Morgan fingerprint density at radius 1 is 1.38 bits per heavy atom. The van der Waals surface area contributed by atoms with Crippen LogP contribution < -0.4 is 0 Å². The topological polar surface area (TPSA) is 54.4 Å². The molecule has 1 aromatic rings. The van der Waals surface area contributed by atoms with Crippen LogP contribution in [0.15, 0.2) is 18.2 Å². The molecule has 3 nitrogen and oxygen atoms in total. The SMILES string of the molecule is O=C1CC(C(=O)O)(c2cc(F)cc(Cl)c2)C1. The average Bonchev–Trinajstić information content (AvgIpc) is 2.10. The van der Waals surface area contributed by atoms with Crippen LogP contribution in [0.25, 0.3) is 0 Å². The minimum atomic E-state index is -1.29. The molecule has 1 aromatic carbocycles. The Hall–Kier alpha value is -1.42. The van der Waals surface area contributed by atoms with Gasteiger partial charge in [0.25, 0.3) is 0 Å². The van der Waals surface area contributed by atoms with Gasteiger partial charge in [0.2, 0.25) is 0 Å². The van der Waals surface area contributed by atoms with Crippen molar-refractivity contribution in [3.63, 3.8) is 0 Å². The van der Waals surface area contributed by atoms with E-state index >= 15 is 0 Å². The van der Waals surface area contributed by atoms with E-state index in [2.05, 4.69) is 0 Å². The fourth-order valence-electron chi connectivity index (χ4n) is 1.93. The molecule has 0 spiro atoms. The highest BCUT2D eigenvalue weighted by atomic mass is 35.5. The highest BCUT2D eigenvalue weighted by Crippen LogP contribution is 2.42. The lowest BCUT2D eigenvalue weighted by molar-refractivity contribution is -0.153. The maximum absolute atomic E-state index is 13.1. The molecule has 0 radical (unpaired) electrons. The van der Waals surface area contributed by atoms with Crippen molar-refractivity contribution in [3.05, 3.63) is 34.6 Å². The molecule has 16 heavy (non-hydrogen) atoms. The first-order valence-corrected chi connectivity index (χ1v) is 5.03. The van der Waals surface area contributed by atoms with E-state index in [1.165, 1.54) is 6.07 Å². The maximum Gasteiger partial charge on any atom is 0.315 e. The zero-order chi connectivity index (χ0) is 11.9. The van der Waals surface area contributed by atoms with Gasteiger partial charge >= 0.3 is 5.97 Å². The predicted octanol–water partition coefficient (Wildman–Crippen LogP) is 2.16. The average molecular weight is 243 g/mol. The van der Waals surface area contributed by atoms with Crippen LogP contribution in [-0.4, -0.2) is 16.9 Å². The maximum atomic E-state index is 13.1. The smallest absolute Gasteiger partial charge is 0.315 e. The number of carboxylic acid groups (broad SMARTS) is 1. The van der Waals surface area contributed by atoms with Gasteiger partial charge in [-0.25, -0.2) is 4.39 Å². The molecule has 1 aliphatic rings. The molecular weight excluding hydrogens is 235 g/mol. The molecule has 84 valence electrons. The molecule has 0 unspecified atom stereocenters. The lowest BCUT2D eigenvalue weighted by Gasteiger charge is -2.36. The van der Waals surface area contributed by atoms with Crippen LogP contribution in [0.5, 0.6) is 0 Å². The minimum Gasteiger partial charge on any atom is -0.481 e. The van der Waals surface area contributed by atoms with Crippen LogP contribution in [0.3, 0.4) is 0 Å². The van der Waals surface area contributed by atoms with E-state index in [4.69, 9.17) is 16.7 Å². The number of carbonyl (C=O) groups excluding carboxylic acids is 1. The number of hydrogen-bond donors (Lipinski definition) is 1. The molecule has 0 bridgehead atoms. The zero-order valence-electron chi connectivity index (χ0n) is 8.17. The third-order valence-corrected chi connectivity index (χ3v) is 3.04. The van der Waals surface area contributed by atoms with Crippen LogP contribution in [-0.2, 0) is 15.0 Å². The number of carbonyl (C=O) groups is 2. The van der Waals surface area contributed by atoms with Gasteiger partial charge in [0, 0.05) is 17.9 Å². The number of hydrogen-bond acceptors (Lipinski definition) is 2. The number of halogens is 2. The number of Topliss-reactive ketones (excluding diaryl/α,β-unsaturated/α-hetero) is 1. The van der Waals surface area contributed by atoms with Gasteiger partial charge < -0.3 is 5.11 Å². The first kappa shape index (κ1) is 11.1. The number of rotatable bonds is 2. The second-order valence-corrected chi connectivity index (χ2v) is 4.37. The predicted molar refractivity (Wildman–Crippen MR) is 55.0 cm³/mol. The molecule has 0 atom stereocenters. The monoisotopic (exact) mass is 242 g/mol. The number of benzene rings is 1. The number of carboxylic acids is 1. The van der Waals surface area contributed by atoms with E-state index in [1.54, 1.807) is 0 Å². The van der Waals surface area contributed by atoms with E-state index in [0.717, 1.165) is 12.1 Å². The molecule has 0 heterocycles. The van der Waals surface area contributed by atoms with Gasteiger partial charge in [-0.3, -0.25) is 9.59 Å². The standard InChI is InChI=1S/C11H8ClFO3/c12-7-1-6(2-8(13)3-7)11(10(15)16)4-9(14)5-11/h1-3H,4-5H2,(H,15,16). The number of ketones is 1. The first-order valence-electron chi connectivity index (χ1n) is 4.66. The Balaban J connectivity index is 2.48. The summed E-state index contributed by atoms with van der Waals surface area (Å²) in [7, 11) is 0. The van der Waals surface area contributed by atoms with Crippen molar-refractivity contribution < 1.29 is 19.1 Å². The van der Waals surface area contributed by atoms with Crippen LogP contribution in [0, 0.1) is 5.82 Å². The van der Waals surface area contributed by atoms with Gasteiger partial charge in [0.05, 0.1) is 0 Å². The highest BCUT2D eigenvalue weighted by molar-refractivity contribution is 6.30. The Morgan fingerprint density at radius 2 is 2.00 bits per heavy atom. The molecular formula is C11H8ClFO3. The lowest BCUT2D eigenvalue weighted by atomic mass is 9.63. The summed E-state index contributed by atoms with van der Waals surface area (Å²) in [5.41, 5.74) is -1.03. The van der Waals surface area contributed by atoms with E-state index in [9.17, 15) is 14.0 Å². The molecule has 1 saturated carbocycles. The fourth-order valence-corrected chi connectivity index (χ4v) is 2.15. The van der Waals surface area contributed by atoms with Crippen molar-refractivity contribution in [2.45, 2.75) is 18.3 Å². The van der Waals surface area contributed by atoms with Crippen LogP contribution in [0.2, 0.25) is 5.02 Å². The van der Waals surface area contributed by atoms with Gasteiger partial charge in [0.1, 0.15) is 17.0 Å². The minimum absolute atomic E-state index is 0.0951. The summed E-state index contributed by atoms with van der Waals surface area (Å²) in [6, 6.07) is 3.61. The summed E-state index contributed by atoms with van der Waals surface area (Å²) >= 11 is 5.66. The summed E-state index contributed by atoms with van der Waals surface area (Å²) in [5, 5.41) is 9.25. The summed E-state index contributed by atoms with van der Waals surface area (Å²) < 4.78 is 13.1. The van der Waals surface area contributed by atoms with Gasteiger partial charge in [-0.05, 0) is 23.8 Å². The summed E-state index contributed by atoms with van der Waals surface area (Å²) in [5.74, 6) is -1.85. The van der Waals surface area contributed by atoms with Crippen LogP contribution in [0.4, 0.5) is 4.39 Å². The van der Waals surface area contributed by atoms with Crippen molar-refractivity contribution in [2.75, 3.05) is 0 Å². The molecule has 0 amide bonds. The van der Waals surface area contributed by atoms with E-state index < -0.39 is 17.2 Å². The normalized spacial score (nSPS) is 18.0. The van der Waals surface area contributed by atoms with Crippen molar-refractivity contribution in [2.24, 2.45) is 0 Å². The molecule has 0 aromatic heterocycles. The molecule has 5 heteroatoms. The lowest BCUT2D eigenvalue weighted by Crippen LogP contribution is -2.48. The summed E-state index contributed by atoms with van der Waals surface area (Å²) in [4.78, 5) is 22.1. The number of aliphatic carboxylic acids is 1. The van der Waals surface area contributed by atoms with Crippen molar-refractivity contribution >= 4 is 23.4 Å². The molecule has 1 fully saturated rings. The fraction of sp³-hybridized carbons (Fsp3) is 0.273. The zero-order valence-corrected chi connectivity index (χ0v) is 8.92. The van der Waals surface area contributed by atoms with E-state index in [0.29, 0.717) is 0 Å². The third kappa shape index (κ3) is 1.59. The van der Waals surface area contributed by atoms with Gasteiger partial charge in [-0.15, -0.1) is 0 Å². The summed E-state index contributed by atoms with van der Waals surface area (Å²) in [6.07, 6.45) is -0.190. The Morgan fingerprint density at radius 3 is 2.44 bits per heavy atom. The first-order chi connectivity index (χ1) is 7.44. The molecule has 1 N–H and O–H groups in total. The molecule has 0 saturated heterocycles. The third-order valence-electron chi connectivity index (χ3n) is 2.82. The second-order valence-electron chi connectivity index (χ2n) is 3.94. The Labute approximate surface area is 95.8 Å². The van der Waals surface area contributed by atoms with Gasteiger partial charge in [-0.1, -0.05) is 11.6 Å². The van der Waals surface area contributed by atoms with Crippen LogP contribution >= 0.6 is 11.6 Å². The van der Waals surface area contributed by atoms with Crippen molar-refractivity contribution in [1.82, 2.24) is 0 Å². The molecule has 1 aliphatic carbocycles. The van der Waals surface area contributed by atoms with Gasteiger partial charge in [0.15, 0.2) is 0 Å². The second kappa shape index (κ2) is 3.56. The van der Waals surface area contributed by atoms with Crippen LogP contribution in [0.1, 0.15) is 18.4 Å². The summed E-state index contributed by atoms with van der Waals surface area (Å²) in [6.45, 7) is 0. The Bertz CT molecular complexity index is 456. The molecule has 2 rings (SSSR count). The van der Waals surface area contributed by atoms with Crippen molar-refractivity contribution in [1.29, 1.82) is 0 Å². The highest BCUT2D eigenvalue weighted by Gasteiger charge is 2.51.